The van der Waals surface area contributed by atoms with Crippen molar-refractivity contribution >= 4 is 21.6 Å². The van der Waals surface area contributed by atoms with Crippen LogP contribution >= 0.6 is 0 Å². The second-order valence-corrected chi connectivity index (χ2v) is 8.22. The summed E-state index contributed by atoms with van der Waals surface area (Å²) in [5, 5.41) is 2.92. The molecule has 6 nitrogen and oxygen atoms in total. The van der Waals surface area contributed by atoms with E-state index in [1.807, 2.05) is 43.3 Å². The number of amides is 1. The second-order valence-electron chi connectivity index (χ2n) is 6.24. The zero-order valence-corrected chi connectivity index (χ0v) is 14.8. The van der Waals surface area contributed by atoms with Gasteiger partial charge in [-0.3, -0.25) is 4.79 Å². The molecule has 1 unspecified atom stereocenters. The number of piperidine rings is 1. The standard InChI is InChI=1S/C16H25N3O3S/c1-18(2)15-8-6-13(7-9-15)11-17-16(20)14-5-4-10-19(12-14)23(3,21)22/h6-9,14H,4-5,10-12H2,1-3H3,(H,17,20). The first kappa shape index (κ1) is 17.7. The summed E-state index contributed by atoms with van der Waals surface area (Å²) in [4.78, 5) is 14.3. The number of sulfonamides is 1. The maximum Gasteiger partial charge on any atom is 0.224 e. The van der Waals surface area contributed by atoms with Gasteiger partial charge < -0.3 is 10.2 Å². The number of carbonyl (C=O) groups is 1. The van der Waals surface area contributed by atoms with E-state index in [2.05, 4.69) is 5.32 Å². The van der Waals surface area contributed by atoms with Gasteiger partial charge in [-0.25, -0.2) is 12.7 Å². The van der Waals surface area contributed by atoms with E-state index in [4.69, 9.17) is 0 Å². The zero-order valence-electron chi connectivity index (χ0n) is 13.9. The average molecular weight is 339 g/mol. The van der Waals surface area contributed by atoms with Gasteiger partial charge in [-0.15, -0.1) is 0 Å². The maximum absolute atomic E-state index is 12.3. The van der Waals surface area contributed by atoms with Gasteiger partial charge in [0.05, 0.1) is 12.2 Å². The van der Waals surface area contributed by atoms with Crippen molar-refractivity contribution < 1.29 is 13.2 Å². The van der Waals surface area contributed by atoms with Crippen molar-refractivity contribution in [2.45, 2.75) is 19.4 Å². The van der Waals surface area contributed by atoms with Gasteiger partial charge in [0.15, 0.2) is 0 Å². The number of rotatable bonds is 5. The molecule has 1 atom stereocenters. The molecule has 1 aliphatic rings. The summed E-state index contributed by atoms with van der Waals surface area (Å²) in [7, 11) is 0.735. The van der Waals surface area contributed by atoms with Gasteiger partial charge in [0.25, 0.3) is 0 Å². The lowest BCUT2D eigenvalue weighted by molar-refractivity contribution is -0.126. The van der Waals surface area contributed by atoms with Crippen LogP contribution in [0.4, 0.5) is 5.69 Å². The SMILES string of the molecule is CN(C)c1ccc(CNC(=O)C2CCCN(S(C)(=O)=O)C2)cc1. The van der Waals surface area contributed by atoms with Crippen LogP contribution in [0.3, 0.4) is 0 Å². The molecule has 0 bridgehead atoms. The first-order chi connectivity index (χ1) is 10.8. The number of carbonyl (C=O) groups excluding carboxylic acids is 1. The van der Waals surface area contributed by atoms with Crippen LogP contribution in [0.1, 0.15) is 18.4 Å². The van der Waals surface area contributed by atoms with E-state index in [0.717, 1.165) is 24.1 Å². The molecule has 0 aromatic heterocycles. The summed E-state index contributed by atoms with van der Waals surface area (Å²) in [6.45, 7) is 1.25. The molecule has 1 saturated heterocycles. The van der Waals surface area contributed by atoms with Crippen LogP contribution in [0, 0.1) is 5.92 Å². The van der Waals surface area contributed by atoms with Crippen LogP contribution in [0.2, 0.25) is 0 Å². The Morgan fingerprint density at radius 1 is 1.30 bits per heavy atom. The third-order valence-electron chi connectivity index (χ3n) is 4.14. The summed E-state index contributed by atoms with van der Waals surface area (Å²) >= 11 is 0. The Labute approximate surface area is 138 Å². The van der Waals surface area contributed by atoms with E-state index in [-0.39, 0.29) is 18.4 Å². The minimum absolute atomic E-state index is 0.0740. The average Bonchev–Trinajstić information content (AvgIpc) is 2.52. The Morgan fingerprint density at radius 2 is 1.96 bits per heavy atom. The molecule has 128 valence electrons. The summed E-state index contributed by atoms with van der Waals surface area (Å²) < 4.78 is 24.6. The zero-order chi connectivity index (χ0) is 17.0. The van der Waals surface area contributed by atoms with Gasteiger partial charge in [-0.1, -0.05) is 12.1 Å². The molecule has 0 radical (unpaired) electrons. The number of anilines is 1. The molecule has 1 heterocycles. The quantitative estimate of drug-likeness (QED) is 0.870. The van der Waals surface area contributed by atoms with Crippen molar-refractivity contribution in [1.29, 1.82) is 0 Å². The third kappa shape index (κ3) is 4.94. The van der Waals surface area contributed by atoms with Crippen molar-refractivity contribution in [3.8, 4) is 0 Å². The molecule has 0 saturated carbocycles. The lowest BCUT2D eigenvalue weighted by Gasteiger charge is -2.30. The molecular weight excluding hydrogens is 314 g/mol. The maximum atomic E-state index is 12.3. The van der Waals surface area contributed by atoms with E-state index < -0.39 is 10.0 Å². The fourth-order valence-corrected chi connectivity index (χ4v) is 3.61. The molecule has 0 aliphatic carbocycles. The molecule has 2 rings (SSSR count). The molecule has 1 aromatic rings. The summed E-state index contributed by atoms with van der Waals surface area (Å²) in [6.07, 6.45) is 2.65. The van der Waals surface area contributed by atoms with Crippen molar-refractivity contribution in [3.05, 3.63) is 29.8 Å². The minimum atomic E-state index is -3.22. The molecule has 1 fully saturated rings. The van der Waals surface area contributed by atoms with Gasteiger partial charge in [0.1, 0.15) is 0 Å². The first-order valence-electron chi connectivity index (χ1n) is 7.76. The minimum Gasteiger partial charge on any atom is -0.378 e. The largest absolute Gasteiger partial charge is 0.378 e. The fraction of sp³-hybridized carbons (Fsp3) is 0.562. The van der Waals surface area contributed by atoms with Gasteiger partial charge >= 0.3 is 0 Å². The van der Waals surface area contributed by atoms with Crippen molar-refractivity contribution in [3.63, 3.8) is 0 Å². The Kier molecular flexibility index (Phi) is 5.64. The predicted octanol–water partition coefficient (Wildman–Crippen LogP) is 1.04. The number of nitrogens with zero attached hydrogens (tertiary/aromatic N) is 2. The van der Waals surface area contributed by atoms with Crippen LogP contribution < -0.4 is 10.2 Å². The van der Waals surface area contributed by atoms with Gasteiger partial charge in [-0.05, 0) is 30.5 Å². The van der Waals surface area contributed by atoms with Crippen molar-refractivity contribution in [1.82, 2.24) is 9.62 Å². The highest BCUT2D eigenvalue weighted by Crippen LogP contribution is 2.19. The number of benzene rings is 1. The molecular formula is C16H25N3O3S. The number of hydrogen-bond acceptors (Lipinski definition) is 4. The van der Waals surface area contributed by atoms with Crippen molar-refractivity contribution in [2.24, 2.45) is 5.92 Å². The molecule has 0 spiro atoms. The molecule has 23 heavy (non-hydrogen) atoms. The predicted molar refractivity (Wildman–Crippen MR) is 91.8 cm³/mol. The summed E-state index contributed by atoms with van der Waals surface area (Å²) in [5.41, 5.74) is 2.14. The van der Waals surface area contributed by atoms with E-state index in [9.17, 15) is 13.2 Å². The smallest absolute Gasteiger partial charge is 0.224 e. The lowest BCUT2D eigenvalue weighted by atomic mass is 9.99. The van der Waals surface area contributed by atoms with Crippen LogP contribution in [0.5, 0.6) is 0 Å². The van der Waals surface area contributed by atoms with Crippen LogP contribution in [0.25, 0.3) is 0 Å². The summed E-state index contributed by atoms with van der Waals surface area (Å²) in [6, 6.07) is 7.99. The Morgan fingerprint density at radius 3 is 2.52 bits per heavy atom. The van der Waals surface area contributed by atoms with E-state index >= 15 is 0 Å². The first-order valence-corrected chi connectivity index (χ1v) is 9.61. The van der Waals surface area contributed by atoms with Gasteiger partial charge in [0.2, 0.25) is 15.9 Å². The lowest BCUT2D eigenvalue weighted by Crippen LogP contribution is -2.44. The molecule has 1 N–H and O–H groups in total. The van der Waals surface area contributed by atoms with E-state index in [1.54, 1.807) is 0 Å². The number of hydrogen-bond donors (Lipinski definition) is 1. The molecule has 7 heteroatoms. The normalized spacial score (nSPS) is 19.3. The second kappa shape index (κ2) is 7.31. The molecule has 1 aliphatic heterocycles. The Hall–Kier alpha value is -1.60. The van der Waals surface area contributed by atoms with Gasteiger partial charge in [-0.2, -0.15) is 0 Å². The van der Waals surface area contributed by atoms with Crippen LogP contribution in [0.15, 0.2) is 24.3 Å². The highest BCUT2D eigenvalue weighted by Gasteiger charge is 2.29. The summed E-state index contributed by atoms with van der Waals surface area (Å²) in [5.74, 6) is -0.338. The molecule has 1 aromatic carbocycles. The van der Waals surface area contributed by atoms with Gasteiger partial charge in [0, 0.05) is 39.4 Å². The Bertz CT molecular complexity index is 641. The van der Waals surface area contributed by atoms with E-state index in [1.165, 1.54) is 10.6 Å². The highest BCUT2D eigenvalue weighted by atomic mass is 32.2. The Balaban J connectivity index is 1.89. The van der Waals surface area contributed by atoms with Crippen LogP contribution in [-0.4, -0.2) is 52.1 Å². The third-order valence-corrected chi connectivity index (χ3v) is 5.41. The van der Waals surface area contributed by atoms with E-state index in [0.29, 0.717) is 13.1 Å². The monoisotopic (exact) mass is 339 g/mol. The topological polar surface area (TPSA) is 69.7 Å². The highest BCUT2D eigenvalue weighted by molar-refractivity contribution is 7.88. The number of nitrogens with one attached hydrogen (secondary N) is 1. The molecule has 1 amide bonds. The fourth-order valence-electron chi connectivity index (χ4n) is 2.70. The van der Waals surface area contributed by atoms with Crippen molar-refractivity contribution in [2.75, 3.05) is 38.3 Å². The van der Waals surface area contributed by atoms with Crippen LogP contribution in [-0.2, 0) is 21.4 Å².